The number of aromatic nitrogens is 2. The number of fused-ring (bicyclic) bond motifs is 2. The summed E-state index contributed by atoms with van der Waals surface area (Å²) in [5.74, 6) is 0. The molecule has 26 heavy (non-hydrogen) atoms. The number of rotatable bonds is 3. The smallest absolute Gasteiger partial charge is 0.144 e. The highest BCUT2D eigenvalue weighted by Crippen LogP contribution is 2.30. The second-order valence-electron chi connectivity index (χ2n) is 7.47. The summed E-state index contributed by atoms with van der Waals surface area (Å²) >= 11 is 0. The van der Waals surface area contributed by atoms with Crippen LogP contribution in [-0.4, -0.2) is 41.1 Å². The number of benzene rings is 1. The summed E-state index contributed by atoms with van der Waals surface area (Å²) in [4.78, 5) is 7.06. The summed E-state index contributed by atoms with van der Waals surface area (Å²) in [6, 6.07) is 11.0. The molecule has 0 unspecified atom stereocenters. The molecule has 0 saturated carbocycles. The minimum Gasteiger partial charge on any atom is -0.384 e. The van der Waals surface area contributed by atoms with Crippen molar-refractivity contribution in [3.8, 4) is 5.69 Å². The first-order chi connectivity index (χ1) is 12.8. The van der Waals surface area contributed by atoms with Gasteiger partial charge in [0.05, 0.1) is 0 Å². The number of nitrogens with zero attached hydrogens (tertiary/aromatic N) is 3. The van der Waals surface area contributed by atoms with Crippen LogP contribution in [0.25, 0.3) is 16.7 Å². The van der Waals surface area contributed by atoms with Gasteiger partial charge in [0.1, 0.15) is 5.65 Å². The zero-order valence-electron chi connectivity index (χ0n) is 15.2. The van der Waals surface area contributed by atoms with Crippen molar-refractivity contribution < 1.29 is 0 Å². The number of nitrogens with one attached hydrogen (secondary N) is 1. The highest BCUT2D eigenvalue weighted by atomic mass is 15.1. The van der Waals surface area contributed by atoms with Crippen LogP contribution in [0.5, 0.6) is 0 Å². The zero-order chi connectivity index (χ0) is 17.5. The van der Waals surface area contributed by atoms with E-state index in [4.69, 9.17) is 4.98 Å². The number of hydrogen-bond donors (Lipinski definition) is 1. The molecular weight excluding hydrogens is 320 g/mol. The second kappa shape index (κ2) is 6.29. The Morgan fingerprint density at radius 3 is 3.04 bits per heavy atom. The van der Waals surface area contributed by atoms with E-state index >= 15 is 0 Å². The van der Waals surface area contributed by atoms with Crippen molar-refractivity contribution in [3.05, 3.63) is 65.5 Å². The Hall–Kier alpha value is -2.59. The molecule has 2 aliphatic rings. The van der Waals surface area contributed by atoms with E-state index in [-0.39, 0.29) is 0 Å². The largest absolute Gasteiger partial charge is 0.384 e. The number of anilines is 1. The van der Waals surface area contributed by atoms with E-state index < -0.39 is 0 Å². The molecule has 4 heteroatoms. The Morgan fingerprint density at radius 2 is 2.15 bits per heavy atom. The van der Waals surface area contributed by atoms with Crippen LogP contribution in [0.1, 0.15) is 17.5 Å². The summed E-state index contributed by atoms with van der Waals surface area (Å²) in [6.45, 7) is 3.25. The maximum absolute atomic E-state index is 4.70. The van der Waals surface area contributed by atoms with E-state index in [1.54, 1.807) is 5.57 Å². The van der Waals surface area contributed by atoms with Gasteiger partial charge in [0.15, 0.2) is 0 Å². The Morgan fingerprint density at radius 1 is 1.19 bits per heavy atom. The lowest BCUT2D eigenvalue weighted by Crippen LogP contribution is -2.24. The van der Waals surface area contributed by atoms with Gasteiger partial charge in [0, 0.05) is 48.8 Å². The third kappa shape index (κ3) is 2.71. The van der Waals surface area contributed by atoms with E-state index in [0.29, 0.717) is 0 Å². The van der Waals surface area contributed by atoms with Crippen molar-refractivity contribution in [3.63, 3.8) is 0 Å². The lowest BCUT2D eigenvalue weighted by Gasteiger charge is -2.21. The number of pyridine rings is 1. The topological polar surface area (TPSA) is 33.1 Å². The molecule has 4 nitrogen and oxygen atoms in total. The van der Waals surface area contributed by atoms with Crippen LogP contribution < -0.4 is 5.32 Å². The fourth-order valence-electron chi connectivity index (χ4n) is 4.12. The van der Waals surface area contributed by atoms with Gasteiger partial charge in [-0.05, 0) is 67.8 Å². The summed E-state index contributed by atoms with van der Waals surface area (Å²) in [6.07, 6.45) is 9.87. The Labute approximate surface area is 154 Å². The Balaban J connectivity index is 1.56. The van der Waals surface area contributed by atoms with Crippen molar-refractivity contribution in [2.75, 3.05) is 32.0 Å². The first-order valence-corrected chi connectivity index (χ1v) is 9.46. The SMILES string of the molecule is CN1CC=C(Cc2cn(-c3ccc4c(c3)CCN4)c3ncccc23)CC1. The maximum Gasteiger partial charge on any atom is 0.144 e. The van der Waals surface area contributed by atoms with Crippen LogP contribution in [0, 0.1) is 0 Å². The predicted molar refractivity (Wildman–Crippen MR) is 107 cm³/mol. The van der Waals surface area contributed by atoms with E-state index in [1.807, 2.05) is 12.3 Å². The molecule has 0 spiro atoms. The molecule has 0 aliphatic carbocycles. The van der Waals surface area contributed by atoms with Gasteiger partial charge < -0.3 is 14.8 Å². The van der Waals surface area contributed by atoms with E-state index in [1.165, 1.54) is 27.9 Å². The summed E-state index contributed by atoms with van der Waals surface area (Å²) in [7, 11) is 2.19. The van der Waals surface area contributed by atoms with Gasteiger partial charge in [0.25, 0.3) is 0 Å². The molecule has 2 aliphatic heterocycles. The minimum absolute atomic E-state index is 1.02. The molecule has 0 bridgehead atoms. The summed E-state index contributed by atoms with van der Waals surface area (Å²) in [5, 5.41) is 4.71. The zero-order valence-corrected chi connectivity index (χ0v) is 15.2. The molecule has 0 radical (unpaired) electrons. The molecule has 1 N–H and O–H groups in total. The molecule has 5 rings (SSSR count). The lowest BCUT2D eigenvalue weighted by molar-refractivity contribution is 0.357. The number of likely N-dealkylation sites (N-methyl/N-ethyl adjacent to an activating group) is 1. The van der Waals surface area contributed by atoms with Crippen molar-refractivity contribution in [1.82, 2.24) is 14.5 Å². The molecule has 1 aromatic carbocycles. The minimum atomic E-state index is 1.02. The molecule has 2 aromatic heterocycles. The highest BCUT2D eigenvalue weighted by Gasteiger charge is 2.16. The Kier molecular flexibility index (Phi) is 3.79. The second-order valence-corrected chi connectivity index (χ2v) is 7.47. The van der Waals surface area contributed by atoms with Gasteiger partial charge in [-0.1, -0.05) is 11.6 Å². The molecule has 0 saturated heterocycles. The molecule has 0 fully saturated rings. The molecular formula is C22H24N4. The summed E-state index contributed by atoms with van der Waals surface area (Å²) in [5.41, 5.74) is 7.86. The molecule has 0 amide bonds. The molecule has 3 aromatic rings. The monoisotopic (exact) mass is 344 g/mol. The lowest BCUT2D eigenvalue weighted by atomic mass is 10.00. The first kappa shape index (κ1) is 15.6. The maximum atomic E-state index is 4.70. The quantitative estimate of drug-likeness (QED) is 0.734. The fourth-order valence-corrected chi connectivity index (χ4v) is 4.12. The highest BCUT2D eigenvalue weighted by molar-refractivity contribution is 5.82. The van der Waals surface area contributed by atoms with Crippen molar-refractivity contribution in [2.24, 2.45) is 0 Å². The normalized spacial score (nSPS) is 17.2. The van der Waals surface area contributed by atoms with Gasteiger partial charge in [-0.25, -0.2) is 4.98 Å². The molecule has 4 heterocycles. The van der Waals surface area contributed by atoms with Crippen molar-refractivity contribution >= 4 is 16.7 Å². The molecule has 132 valence electrons. The van der Waals surface area contributed by atoms with Crippen LogP contribution in [0.2, 0.25) is 0 Å². The fraction of sp³-hybridized carbons (Fsp3) is 0.318. The van der Waals surface area contributed by atoms with Crippen LogP contribution in [-0.2, 0) is 12.8 Å². The third-order valence-corrected chi connectivity index (χ3v) is 5.65. The van der Waals surface area contributed by atoms with Gasteiger partial charge >= 0.3 is 0 Å². The van der Waals surface area contributed by atoms with Gasteiger partial charge in [-0.3, -0.25) is 0 Å². The third-order valence-electron chi connectivity index (χ3n) is 5.65. The summed E-state index contributed by atoms with van der Waals surface area (Å²) < 4.78 is 2.26. The van der Waals surface area contributed by atoms with Gasteiger partial charge in [-0.2, -0.15) is 0 Å². The van der Waals surface area contributed by atoms with E-state index in [0.717, 1.165) is 44.5 Å². The van der Waals surface area contributed by atoms with Crippen LogP contribution in [0.15, 0.2) is 54.4 Å². The van der Waals surface area contributed by atoms with Crippen molar-refractivity contribution in [1.29, 1.82) is 0 Å². The van der Waals surface area contributed by atoms with Crippen molar-refractivity contribution in [2.45, 2.75) is 19.3 Å². The van der Waals surface area contributed by atoms with E-state index in [2.05, 4.69) is 58.4 Å². The standard InChI is InChI=1S/C22H24N4/c1-25-11-7-16(8-12-25)13-18-15-26(22-20(18)3-2-9-24-22)19-4-5-21-17(14-19)6-10-23-21/h2-5,7,9,14-15,23H,6,8,10-13H2,1H3. The molecule has 0 atom stereocenters. The first-order valence-electron chi connectivity index (χ1n) is 9.46. The van der Waals surface area contributed by atoms with Crippen LogP contribution >= 0.6 is 0 Å². The van der Waals surface area contributed by atoms with Gasteiger partial charge in [0.2, 0.25) is 0 Å². The van der Waals surface area contributed by atoms with Crippen LogP contribution in [0.3, 0.4) is 0 Å². The van der Waals surface area contributed by atoms with E-state index in [9.17, 15) is 0 Å². The Bertz CT molecular complexity index is 999. The average Bonchev–Trinajstić information content (AvgIpc) is 3.28. The average molecular weight is 344 g/mol. The predicted octanol–water partition coefficient (Wildman–Crippen LogP) is 3.80. The number of hydrogen-bond acceptors (Lipinski definition) is 3. The van der Waals surface area contributed by atoms with Gasteiger partial charge in [-0.15, -0.1) is 0 Å². The van der Waals surface area contributed by atoms with Crippen LogP contribution in [0.4, 0.5) is 5.69 Å².